The molecule has 0 spiro atoms. The molecule has 0 fully saturated rings. The topological polar surface area (TPSA) is 0 Å². The maximum atomic E-state index is 2.38. The van der Waals surface area contributed by atoms with E-state index in [1.807, 2.05) is 0 Å². The lowest BCUT2D eigenvalue weighted by Gasteiger charge is -2.37. The van der Waals surface area contributed by atoms with Crippen LogP contribution >= 0.6 is 0 Å². The van der Waals surface area contributed by atoms with Gasteiger partial charge in [-0.2, -0.15) is 0 Å². The highest BCUT2D eigenvalue weighted by Gasteiger charge is 2.30. The van der Waals surface area contributed by atoms with Crippen LogP contribution in [0.5, 0.6) is 0 Å². The van der Waals surface area contributed by atoms with E-state index in [2.05, 4.69) is 41.5 Å². The highest BCUT2D eigenvalue weighted by Crippen LogP contribution is 2.40. The van der Waals surface area contributed by atoms with E-state index < -0.39 is 0 Å². The molecule has 0 rings (SSSR count). The molecular weight excluding hydrogens is 144 g/mol. The summed E-state index contributed by atoms with van der Waals surface area (Å²) in [6.07, 6.45) is 3.88. The van der Waals surface area contributed by atoms with Gasteiger partial charge >= 0.3 is 0 Å². The van der Waals surface area contributed by atoms with Crippen molar-refractivity contribution in [2.45, 2.75) is 60.8 Å². The van der Waals surface area contributed by atoms with E-state index in [4.69, 9.17) is 0 Å². The van der Waals surface area contributed by atoms with E-state index >= 15 is 0 Å². The van der Waals surface area contributed by atoms with E-state index in [0.29, 0.717) is 5.41 Å². The molecule has 0 amide bonds. The molecule has 0 aliphatic heterocycles. The molecular formula is C12H25. The molecule has 0 aromatic rings. The van der Waals surface area contributed by atoms with Crippen molar-refractivity contribution in [1.29, 1.82) is 0 Å². The predicted octanol–water partition coefficient (Wildman–Crippen LogP) is 4.45. The molecule has 0 nitrogen and oxygen atoms in total. The molecule has 1 radical (unpaired) electrons. The zero-order valence-corrected chi connectivity index (χ0v) is 9.70. The van der Waals surface area contributed by atoms with Gasteiger partial charge in [-0.15, -0.1) is 0 Å². The van der Waals surface area contributed by atoms with Crippen LogP contribution < -0.4 is 0 Å². The van der Waals surface area contributed by atoms with Crippen molar-refractivity contribution in [3.8, 4) is 0 Å². The Labute approximate surface area is 78.8 Å². The average molecular weight is 169 g/mol. The third-order valence-electron chi connectivity index (χ3n) is 3.58. The summed E-state index contributed by atoms with van der Waals surface area (Å²) in [5.41, 5.74) is 0.435. The third-order valence-corrected chi connectivity index (χ3v) is 3.58. The molecule has 1 atom stereocenters. The van der Waals surface area contributed by atoms with Gasteiger partial charge in [-0.3, -0.25) is 0 Å². The first-order valence-electron chi connectivity index (χ1n) is 5.29. The van der Waals surface area contributed by atoms with E-state index in [-0.39, 0.29) is 0 Å². The van der Waals surface area contributed by atoms with Gasteiger partial charge in [-0.25, -0.2) is 0 Å². The molecule has 0 saturated carbocycles. The minimum absolute atomic E-state index is 0.435. The highest BCUT2D eigenvalue weighted by molar-refractivity contribution is 5.00. The second-order valence-corrected chi connectivity index (χ2v) is 4.55. The van der Waals surface area contributed by atoms with Gasteiger partial charge in [0.15, 0.2) is 0 Å². The normalized spacial score (nSPS) is 15.2. The number of hydrogen-bond acceptors (Lipinski definition) is 0. The monoisotopic (exact) mass is 169 g/mol. The molecule has 12 heavy (non-hydrogen) atoms. The fraction of sp³-hybridized carbons (Fsp3) is 0.917. The summed E-state index contributed by atoms with van der Waals surface area (Å²) in [5, 5.41) is 0. The smallest absolute Gasteiger partial charge is 0.0216 e. The molecule has 0 aliphatic carbocycles. The molecule has 0 aliphatic rings. The summed E-state index contributed by atoms with van der Waals surface area (Å²) in [6.45, 7) is 14.0. The van der Waals surface area contributed by atoms with Crippen LogP contribution in [0.25, 0.3) is 0 Å². The van der Waals surface area contributed by atoms with Gasteiger partial charge in [-0.05, 0) is 23.7 Å². The van der Waals surface area contributed by atoms with E-state index in [9.17, 15) is 0 Å². The van der Waals surface area contributed by atoms with Gasteiger partial charge < -0.3 is 0 Å². The van der Waals surface area contributed by atoms with Crippen molar-refractivity contribution < 1.29 is 0 Å². The van der Waals surface area contributed by atoms with E-state index in [0.717, 1.165) is 5.92 Å². The lowest BCUT2D eigenvalue weighted by atomic mass is 9.68. The second kappa shape index (κ2) is 4.89. The van der Waals surface area contributed by atoms with Gasteiger partial charge in [0.25, 0.3) is 0 Å². The van der Waals surface area contributed by atoms with Crippen LogP contribution in [-0.2, 0) is 0 Å². The van der Waals surface area contributed by atoms with Crippen molar-refractivity contribution in [2.75, 3.05) is 0 Å². The standard InChI is InChI=1S/C12H25/c1-7-9-11(4)12(5,6)10(3)8-2/h11H,7-9H2,1-6H3. The Morgan fingerprint density at radius 3 is 2.08 bits per heavy atom. The van der Waals surface area contributed by atoms with Gasteiger partial charge in [0, 0.05) is 0 Å². The van der Waals surface area contributed by atoms with Gasteiger partial charge in [0.2, 0.25) is 0 Å². The molecule has 73 valence electrons. The van der Waals surface area contributed by atoms with Crippen LogP contribution in [0, 0.1) is 17.3 Å². The maximum absolute atomic E-state index is 2.38. The fourth-order valence-corrected chi connectivity index (χ4v) is 1.67. The quantitative estimate of drug-likeness (QED) is 0.570. The van der Waals surface area contributed by atoms with Gasteiger partial charge in [0.1, 0.15) is 0 Å². The molecule has 0 aromatic carbocycles. The minimum atomic E-state index is 0.435. The Hall–Kier alpha value is 0. The SMILES string of the molecule is CCCC(C)C(C)(C)[C](C)CC. The zero-order valence-electron chi connectivity index (χ0n) is 9.70. The van der Waals surface area contributed by atoms with Crippen molar-refractivity contribution in [2.24, 2.45) is 11.3 Å². The first kappa shape index (κ1) is 12.0. The molecule has 0 N–H and O–H groups in total. The van der Waals surface area contributed by atoms with Crippen LogP contribution in [0.1, 0.15) is 60.8 Å². The summed E-state index contributed by atoms with van der Waals surface area (Å²) < 4.78 is 0. The molecule has 0 aromatic heterocycles. The fourth-order valence-electron chi connectivity index (χ4n) is 1.67. The van der Waals surface area contributed by atoms with E-state index in [1.54, 1.807) is 5.92 Å². The molecule has 0 saturated heterocycles. The summed E-state index contributed by atoms with van der Waals surface area (Å²) in [7, 11) is 0. The van der Waals surface area contributed by atoms with Crippen molar-refractivity contribution in [3.05, 3.63) is 5.92 Å². The van der Waals surface area contributed by atoms with Crippen LogP contribution in [-0.4, -0.2) is 0 Å². The molecule has 0 bridgehead atoms. The number of hydrogen-bond donors (Lipinski definition) is 0. The Morgan fingerprint density at radius 2 is 1.75 bits per heavy atom. The Bertz CT molecular complexity index is 113. The summed E-state index contributed by atoms with van der Waals surface area (Å²) in [5.74, 6) is 2.46. The third kappa shape index (κ3) is 2.80. The Kier molecular flexibility index (Phi) is 4.89. The lowest BCUT2D eigenvalue weighted by Crippen LogP contribution is -2.27. The summed E-state index contributed by atoms with van der Waals surface area (Å²) in [4.78, 5) is 0. The van der Waals surface area contributed by atoms with Crippen LogP contribution in [0.3, 0.4) is 0 Å². The first-order chi connectivity index (χ1) is 5.46. The lowest BCUT2D eigenvalue weighted by molar-refractivity contribution is 0.226. The zero-order chi connectivity index (χ0) is 9.78. The molecule has 0 heterocycles. The van der Waals surface area contributed by atoms with Gasteiger partial charge in [0.05, 0.1) is 0 Å². The summed E-state index contributed by atoms with van der Waals surface area (Å²) >= 11 is 0. The first-order valence-corrected chi connectivity index (χ1v) is 5.29. The van der Waals surface area contributed by atoms with Crippen molar-refractivity contribution >= 4 is 0 Å². The van der Waals surface area contributed by atoms with Crippen LogP contribution in [0.15, 0.2) is 0 Å². The maximum Gasteiger partial charge on any atom is -0.0216 e. The second-order valence-electron chi connectivity index (χ2n) is 4.55. The molecule has 0 heteroatoms. The van der Waals surface area contributed by atoms with Crippen molar-refractivity contribution in [3.63, 3.8) is 0 Å². The van der Waals surface area contributed by atoms with Crippen LogP contribution in [0.4, 0.5) is 0 Å². The Balaban J connectivity index is 4.16. The van der Waals surface area contributed by atoms with Crippen molar-refractivity contribution in [1.82, 2.24) is 0 Å². The van der Waals surface area contributed by atoms with Gasteiger partial charge in [-0.1, -0.05) is 54.4 Å². The largest absolute Gasteiger partial charge is 0.0654 e. The van der Waals surface area contributed by atoms with E-state index in [1.165, 1.54) is 19.3 Å². The number of rotatable bonds is 5. The van der Waals surface area contributed by atoms with Crippen LogP contribution in [0.2, 0.25) is 0 Å². The highest BCUT2D eigenvalue weighted by atomic mass is 14.3. The average Bonchev–Trinajstić information content (AvgIpc) is 2.03. The minimum Gasteiger partial charge on any atom is -0.0654 e. The Morgan fingerprint density at radius 1 is 1.25 bits per heavy atom. The predicted molar refractivity (Wildman–Crippen MR) is 57.1 cm³/mol. The summed E-state index contributed by atoms with van der Waals surface area (Å²) in [6, 6.07) is 0. The molecule has 1 unspecified atom stereocenters.